The number of hydrogen-bond acceptors (Lipinski definition) is 4. The van der Waals surface area contributed by atoms with Crippen molar-refractivity contribution in [1.82, 2.24) is 9.97 Å². The molecule has 1 atom stereocenters. The Kier molecular flexibility index (Phi) is 4.65. The topological polar surface area (TPSA) is 61.0 Å². The summed E-state index contributed by atoms with van der Waals surface area (Å²) in [5.41, 5.74) is 7.78. The molecule has 4 heteroatoms. The molecule has 0 amide bonds. The Balaban J connectivity index is 2.65. The molecule has 0 bridgehead atoms. The molecular weight excluding hydrogens is 190 g/mol. The van der Waals surface area contributed by atoms with E-state index in [0.29, 0.717) is 0 Å². The van der Waals surface area contributed by atoms with E-state index in [4.69, 9.17) is 10.5 Å². The van der Waals surface area contributed by atoms with Crippen LogP contribution < -0.4 is 5.73 Å². The molecule has 0 aliphatic carbocycles. The molecule has 0 aliphatic heterocycles. The number of nitrogens with two attached hydrogens (primary N) is 1. The first-order valence-electron chi connectivity index (χ1n) is 5.22. The Morgan fingerprint density at radius 1 is 1.53 bits per heavy atom. The SMILES string of the molecule is COCCCc1ncc([C@@H](C)N)c(C)n1. The van der Waals surface area contributed by atoms with Crippen molar-refractivity contribution >= 4 is 0 Å². The van der Waals surface area contributed by atoms with Gasteiger partial charge in [-0.15, -0.1) is 0 Å². The Bertz CT molecular complexity index is 313. The summed E-state index contributed by atoms with van der Waals surface area (Å²) in [4.78, 5) is 8.71. The van der Waals surface area contributed by atoms with Gasteiger partial charge in [0, 0.05) is 43.6 Å². The second-order valence-electron chi connectivity index (χ2n) is 3.71. The molecular formula is C11H19N3O. The molecule has 0 unspecified atom stereocenters. The Morgan fingerprint density at radius 3 is 2.80 bits per heavy atom. The van der Waals surface area contributed by atoms with Gasteiger partial charge < -0.3 is 10.5 Å². The van der Waals surface area contributed by atoms with Gasteiger partial charge in [-0.25, -0.2) is 9.97 Å². The predicted octanol–water partition coefficient (Wildman–Crippen LogP) is 1.38. The van der Waals surface area contributed by atoms with Crippen LogP contribution in [0.1, 0.15) is 36.5 Å². The van der Waals surface area contributed by atoms with Crippen molar-refractivity contribution in [3.8, 4) is 0 Å². The van der Waals surface area contributed by atoms with E-state index in [1.807, 2.05) is 20.0 Å². The van der Waals surface area contributed by atoms with Gasteiger partial charge in [0.05, 0.1) is 0 Å². The largest absolute Gasteiger partial charge is 0.385 e. The average Bonchev–Trinajstić information content (AvgIpc) is 2.17. The minimum atomic E-state index is -0.00183. The first-order valence-corrected chi connectivity index (χ1v) is 5.22. The highest BCUT2D eigenvalue weighted by atomic mass is 16.5. The van der Waals surface area contributed by atoms with Gasteiger partial charge in [-0.1, -0.05) is 0 Å². The van der Waals surface area contributed by atoms with Crippen molar-refractivity contribution in [2.24, 2.45) is 5.73 Å². The van der Waals surface area contributed by atoms with Crippen LogP contribution in [0.2, 0.25) is 0 Å². The van der Waals surface area contributed by atoms with E-state index in [2.05, 4.69) is 9.97 Å². The molecule has 0 aliphatic rings. The summed E-state index contributed by atoms with van der Waals surface area (Å²) in [6, 6.07) is -0.00183. The molecule has 0 fully saturated rings. The highest BCUT2D eigenvalue weighted by Gasteiger charge is 2.06. The van der Waals surface area contributed by atoms with E-state index in [1.165, 1.54) is 0 Å². The summed E-state index contributed by atoms with van der Waals surface area (Å²) in [6.07, 6.45) is 3.64. The van der Waals surface area contributed by atoms with Gasteiger partial charge in [-0.2, -0.15) is 0 Å². The lowest BCUT2D eigenvalue weighted by molar-refractivity contribution is 0.194. The van der Waals surface area contributed by atoms with Gasteiger partial charge in [-0.05, 0) is 20.3 Å². The number of methoxy groups -OCH3 is 1. The maximum atomic E-state index is 5.79. The number of rotatable bonds is 5. The summed E-state index contributed by atoms with van der Waals surface area (Å²) in [6.45, 7) is 4.66. The zero-order valence-corrected chi connectivity index (χ0v) is 9.66. The van der Waals surface area contributed by atoms with Gasteiger partial charge in [-0.3, -0.25) is 0 Å². The molecule has 0 aromatic carbocycles. The van der Waals surface area contributed by atoms with Crippen molar-refractivity contribution in [1.29, 1.82) is 0 Å². The molecule has 2 N–H and O–H groups in total. The third kappa shape index (κ3) is 3.57. The fourth-order valence-corrected chi connectivity index (χ4v) is 1.47. The zero-order chi connectivity index (χ0) is 11.3. The van der Waals surface area contributed by atoms with Gasteiger partial charge in [0.25, 0.3) is 0 Å². The number of nitrogens with zero attached hydrogens (tertiary/aromatic N) is 2. The number of ether oxygens (including phenoxy) is 1. The first kappa shape index (κ1) is 12.1. The van der Waals surface area contributed by atoms with Crippen molar-refractivity contribution in [3.05, 3.63) is 23.3 Å². The van der Waals surface area contributed by atoms with E-state index in [0.717, 1.165) is 36.5 Å². The molecule has 1 heterocycles. The van der Waals surface area contributed by atoms with Crippen LogP contribution in [0.3, 0.4) is 0 Å². The van der Waals surface area contributed by atoms with Crippen molar-refractivity contribution in [2.75, 3.05) is 13.7 Å². The van der Waals surface area contributed by atoms with E-state index in [1.54, 1.807) is 7.11 Å². The van der Waals surface area contributed by atoms with E-state index in [9.17, 15) is 0 Å². The van der Waals surface area contributed by atoms with Crippen LogP contribution in [0, 0.1) is 6.92 Å². The van der Waals surface area contributed by atoms with E-state index in [-0.39, 0.29) is 6.04 Å². The lowest BCUT2D eigenvalue weighted by Crippen LogP contribution is -2.10. The van der Waals surface area contributed by atoms with Crippen LogP contribution in [0.25, 0.3) is 0 Å². The molecule has 84 valence electrons. The normalized spacial score (nSPS) is 12.8. The fourth-order valence-electron chi connectivity index (χ4n) is 1.47. The third-order valence-corrected chi connectivity index (χ3v) is 2.31. The second kappa shape index (κ2) is 5.78. The molecule has 15 heavy (non-hydrogen) atoms. The standard InChI is InChI=1S/C11H19N3O/c1-8(12)10-7-13-11(14-9(10)2)5-4-6-15-3/h7-8H,4-6,12H2,1-3H3/t8-/m1/s1. The maximum Gasteiger partial charge on any atom is 0.128 e. The first-order chi connectivity index (χ1) is 7.15. The van der Waals surface area contributed by atoms with Crippen LogP contribution in [0.4, 0.5) is 0 Å². The number of hydrogen-bond donors (Lipinski definition) is 1. The molecule has 0 saturated carbocycles. The molecule has 1 rings (SSSR count). The van der Waals surface area contributed by atoms with Crippen LogP contribution in [0.15, 0.2) is 6.20 Å². The second-order valence-corrected chi connectivity index (χ2v) is 3.71. The number of aryl methyl sites for hydroxylation is 2. The Labute approximate surface area is 90.9 Å². The van der Waals surface area contributed by atoms with Gasteiger partial charge >= 0.3 is 0 Å². The zero-order valence-electron chi connectivity index (χ0n) is 9.66. The van der Waals surface area contributed by atoms with Crippen molar-refractivity contribution in [2.45, 2.75) is 32.7 Å². The Morgan fingerprint density at radius 2 is 2.27 bits per heavy atom. The highest BCUT2D eigenvalue weighted by Crippen LogP contribution is 2.12. The van der Waals surface area contributed by atoms with Crippen molar-refractivity contribution < 1.29 is 4.74 Å². The maximum absolute atomic E-state index is 5.79. The summed E-state index contributed by atoms with van der Waals surface area (Å²) in [5.74, 6) is 0.869. The summed E-state index contributed by atoms with van der Waals surface area (Å²) in [5, 5.41) is 0. The average molecular weight is 209 g/mol. The molecule has 0 spiro atoms. The van der Waals surface area contributed by atoms with Gasteiger partial charge in [0.15, 0.2) is 0 Å². The van der Waals surface area contributed by atoms with Crippen LogP contribution >= 0.6 is 0 Å². The van der Waals surface area contributed by atoms with Gasteiger partial charge in [0.2, 0.25) is 0 Å². The molecule has 1 aromatic heterocycles. The summed E-state index contributed by atoms with van der Waals surface area (Å²) < 4.78 is 4.98. The molecule has 4 nitrogen and oxygen atoms in total. The van der Waals surface area contributed by atoms with Gasteiger partial charge in [0.1, 0.15) is 5.82 Å². The molecule has 0 saturated heterocycles. The lowest BCUT2D eigenvalue weighted by atomic mass is 10.1. The smallest absolute Gasteiger partial charge is 0.128 e. The summed E-state index contributed by atoms with van der Waals surface area (Å²) >= 11 is 0. The van der Waals surface area contributed by atoms with Crippen molar-refractivity contribution in [3.63, 3.8) is 0 Å². The molecule has 0 radical (unpaired) electrons. The van der Waals surface area contributed by atoms with E-state index >= 15 is 0 Å². The minimum Gasteiger partial charge on any atom is -0.385 e. The minimum absolute atomic E-state index is 0.00183. The third-order valence-electron chi connectivity index (χ3n) is 2.31. The van der Waals surface area contributed by atoms with E-state index < -0.39 is 0 Å². The lowest BCUT2D eigenvalue weighted by Gasteiger charge is -2.09. The van der Waals surface area contributed by atoms with Crippen LogP contribution in [-0.4, -0.2) is 23.7 Å². The van der Waals surface area contributed by atoms with Crippen LogP contribution in [-0.2, 0) is 11.2 Å². The monoisotopic (exact) mass is 209 g/mol. The fraction of sp³-hybridized carbons (Fsp3) is 0.636. The molecule has 1 aromatic rings. The highest BCUT2D eigenvalue weighted by molar-refractivity contribution is 5.19. The van der Waals surface area contributed by atoms with Crippen LogP contribution in [0.5, 0.6) is 0 Å². The predicted molar refractivity (Wildman–Crippen MR) is 59.6 cm³/mol. The Hall–Kier alpha value is -1.00. The quantitative estimate of drug-likeness (QED) is 0.744. The number of aromatic nitrogens is 2. The summed E-state index contributed by atoms with van der Waals surface area (Å²) in [7, 11) is 1.70.